The zero-order chi connectivity index (χ0) is 12.5. The normalized spacial score (nSPS) is 16.2. The smallest absolute Gasteiger partial charge is 0.0642 e. The Morgan fingerprint density at radius 1 is 1.12 bits per heavy atom. The van der Waals surface area contributed by atoms with E-state index in [1.165, 1.54) is 11.3 Å². The topological polar surface area (TPSA) is 12.5 Å². The van der Waals surface area contributed by atoms with Crippen LogP contribution in [0.4, 0.5) is 0 Å². The van der Waals surface area contributed by atoms with Crippen molar-refractivity contribution >= 4 is 6.08 Å². The number of allylic oxidation sites excluding steroid dienone is 1. The molecular weight excluding hydrogens is 210 g/mol. The molecule has 0 N–H and O–H groups in total. The fourth-order valence-electron chi connectivity index (χ4n) is 1.80. The predicted octanol–water partition coefficient (Wildman–Crippen LogP) is 3.41. The average Bonchev–Trinajstić information content (AvgIpc) is 2.43. The molecule has 2 nitrogen and oxygen atoms in total. The van der Waals surface area contributed by atoms with Gasteiger partial charge in [0, 0.05) is 18.8 Å². The van der Waals surface area contributed by atoms with Gasteiger partial charge in [-0.2, -0.15) is 0 Å². The largest absolute Gasteiger partial charge is 0.378 e. The molecule has 1 saturated heterocycles. The Balaban J connectivity index is 0.000000686. The first-order valence-corrected chi connectivity index (χ1v) is 6.42. The minimum Gasteiger partial charge on any atom is -0.378 e. The van der Waals surface area contributed by atoms with E-state index in [-0.39, 0.29) is 0 Å². The van der Waals surface area contributed by atoms with Gasteiger partial charge in [0.15, 0.2) is 0 Å². The molecule has 0 amide bonds. The number of hydrogen-bond donors (Lipinski definition) is 0. The first-order chi connectivity index (χ1) is 8.36. The Morgan fingerprint density at radius 2 is 1.71 bits per heavy atom. The van der Waals surface area contributed by atoms with Crippen molar-refractivity contribution in [1.82, 2.24) is 4.90 Å². The third-order valence-electron chi connectivity index (χ3n) is 2.69. The van der Waals surface area contributed by atoms with E-state index in [9.17, 15) is 0 Å². The number of ether oxygens (including phenoxy) is 1. The van der Waals surface area contributed by atoms with Gasteiger partial charge in [-0.15, -0.1) is 0 Å². The van der Waals surface area contributed by atoms with E-state index in [0.717, 1.165) is 26.3 Å². The van der Waals surface area contributed by atoms with Crippen LogP contribution in [0.15, 0.2) is 36.0 Å². The van der Waals surface area contributed by atoms with Crippen LogP contribution >= 0.6 is 0 Å². The highest BCUT2D eigenvalue weighted by Crippen LogP contribution is 2.11. The fraction of sp³-hybridized carbons (Fsp3) is 0.467. The van der Waals surface area contributed by atoms with Crippen LogP contribution in [0.2, 0.25) is 0 Å². The molecule has 0 spiro atoms. The van der Waals surface area contributed by atoms with Crippen molar-refractivity contribution in [1.29, 1.82) is 0 Å². The molecule has 1 aromatic rings. The van der Waals surface area contributed by atoms with Crippen molar-refractivity contribution in [2.24, 2.45) is 0 Å². The molecule has 0 atom stereocenters. The van der Waals surface area contributed by atoms with E-state index < -0.39 is 0 Å². The van der Waals surface area contributed by atoms with E-state index >= 15 is 0 Å². The van der Waals surface area contributed by atoms with Gasteiger partial charge in [0.1, 0.15) is 0 Å². The zero-order valence-electron chi connectivity index (χ0n) is 11.1. The Kier molecular flexibility index (Phi) is 6.41. The van der Waals surface area contributed by atoms with Gasteiger partial charge in [-0.3, -0.25) is 0 Å². The maximum absolute atomic E-state index is 5.33. The van der Waals surface area contributed by atoms with Gasteiger partial charge in [0.2, 0.25) is 0 Å². The Bertz CT molecular complexity index is 326. The summed E-state index contributed by atoms with van der Waals surface area (Å²) < 4.78 is 5.33. The molecule has 1 fully saturated rings. The number of morpholine rings is 1. The molecule has 0 unspecified atom stereocenters. The molecule has 0 aliphatic carbocycles. The van der Waals surface area contributed by atoms with Crippen LogP contribution in [0.25, 0.3) is 6.08 Å². The average molecular weight is 233 g/mol. The Morgan fingerprint density at radius 3 is 2.29 bits per heavy atom. The van der Waals surface area contributed by atoms with Crippen LogP contribution < -0.4 is 0 Å². The van der Waals surface area contributed by atoms with Crippen LogP contribution in [0.5, 0.6) is 0 Å². The van der Waals surface area contributed by atoms with Crippen molar-refractivity contribution in [2.75, 3.05) is 26.3 Å². The molecule has 1 aliphatic rings. The predicted molar refractivity (Wildman–Crippen MR) is 73.8 cm³/mol. The number of rotatable bonds is 2. The molecule has 0 bridgehead atoms. The molecule has 1 heterocycles. The second kappa shape index (κ2) is 7.91. The first kappa shape index (κ1) is 13.8. The van der Waals surface area contributed by atoms with E-state index in [2.05, 4.69) is 42.2 Å². The van der Waals surface area contributed by atoms with E-state index in [0.29, 0.717) is 0 Å². The second-order valence-electron chi connectivity index (χ2n) is 3.80. The number of nitrogens with zero attached hydrogens (tertiary/aromatic N) is 1. The van der Waals surface area contributed by atoms with E-state index in [1.807, 2.05) is 19.9 Å². The van der Waals surface area contributed by atoms with Crippen LogP contribution in [0.1, 0.15) is 26.3 Å². The standard InChI is InChI=1S/C13H17NO.C2H6/c1-12(14-7-9-15-10-8-14)11-13-5-3-2-4-6-13;1-2/h2-6,11H,7-10H2,1H3;1-2H3. The molecule has 2 rings (SSSR count). The summed E-state index contributed by atoms with van der Waals surface area (Å²) in [5.74, 6) is 0. The van der Waals surface area contributed by atoms with Gasteiger partial charge in [0.05, 0.1) is 13.2 Å². The van der Waals surface area contributed by atoms with Crippen molar-refractivity contribution in [3.63, 3.8) is 0 Å². The lowest BCUT2D eigenvalue weighted by atomic mass is 10.2. The quantitative estimate of drug-likeness (QED) is 0.776. The third-order valence-corrected chi connectivity index (χ3v) is 2.69. The molecule has 0 radical (unpaired) electrons. The Hall–Kier alpha value is -1.28. The van der Waals surface area contributed by atoms with Gasteiger partial charge >= 0.3 is 0 Å². The maximum Gasteiger partial charge on any atom is 0.0642 e. The van der Waals surface area contributed by atoms with Crippen molar-refractivity contribution in [3.05, 3.63) is 41.6 Å². The number of benzene rings is 1. The lowest BCUT2D eigenvalue weighted by Crippen LogP contribution is -2.34. The van der Waals surface area contributed by atoms with Gasteiger partial charge < -0.3 is 9.64 Å². The summed E-state index contributed by atoms with van der Waals surface area (Å²) in [6, 6.07) is 10.4. The highest BCUT2D eigenvalue weighted by atomic mass is 16.5. The summed E-state index contributed by atoms with van der Waals surface area (Å²) in [7, 11) is 0. The summed E-state index contributed by atoms with van der Waals surface area (Å²) in [6.45, 7) is 9.88. The summed E-state index contributed by atoms with van der Waals surface area (Å²) in [5.41, 5.74) is 2.59. The van der Waals surface area contributed by atoms with Gasteiger partial charge in [-0.1, -0.05) is 44.2 Å². The molecule has 94 valence electrons. The summed E-state index contributed by atoms with van der Waals surface area (Å²) >= 11 is 0. The zero-order valence-corrected chi connectivity index (χ0v) is 11.1. The van der Waals surface area contributed by atoms with Gasteiger partial charge in [-0.05, 0) is 18.6 Å². The van der Waals surface area contributed by atoms with Crippen molar-refractivity contribution in [2.45, 2.75) is 20.8 Å². The van der Waals surface area contributed by atoms with Crippen LogP contribution in [0, 0.1) is 0 Å². The van der Waals surface area contributed by atoms with E-state index in [4.69, 9.17) is 4.74 Å². The highest BCUT2D eigenvalue weighted by molar-refractivity contribution is 5.51. The minimum absolute atomic E-state index is 0.847. The van der Waals surface area contributed by atoms with Crippen LogP contribution in [0.3, 0.4) is 0 Å². The number of hydrogen-bond acceptors (Lipinski definition) is 2. The van der Waals surface area contributed by atoms with Gasteiger partial charge in [-0.25, -0.2) is 0 Å². The molecule has 2 heteroatoms. The molecule has 1 aliphatic heterocycles. The monoisotopic (exact) mass is 233 g/mol. The lowest BCUT2D eigenvalue weighted by molar-refractivity contribution is 0.0542. The molecule has 0 saturated carbocycles. The Labute approximate surface area is 105 Å². The van der Waals surface area contributed by atoms with E-state index in [1.54, 1.807) is 0 Å². The second-order valence-corrected chi connectivity index (χ2v) is 3.80. The first-order valence-electron chi connectivity index (χ1n) is 6.42. The van der Waals surface area contributed by atoms with Gasteiger partial charge in [0.25, 0.3) is 0 Å². The molecule has 17 heavy (non-hydrogen) atoms. The fourth-order valence-corrected chi connectivity index (χ4v) is 1.80. The van der Waals surface area contributed by atoms with Crippen LogP contribution in [-0.2, 0) is 4.74 Å². The third kappa shape index (κ3) is 4.61. The molecule has 1 aromatic carbocycles. The molecular formula is C15H23NO. The highest BCUT2D eigenvalue weighted by Gasteiger charge is 2.09. The lowest BCUT2D eigenvalue weighted by Gasteiger charge is -2.29. The SMILES string of the molecule is CC.CC(=Cc1ccccc1)N1CCOCC1. The van der Waals surface area contributed by atoms with Crippen molar-refractivity contribution in [3.8, 4) is 0 Å². The van der Waals surface area contributed by atoms with Crippen molar-refractivity contribution < 1.29 is 4.74 Å². The molecule has 0 aromatic heterocycles. The van der Waals surface area contributed by atoms with Crippen LogP contribution in [-0.4, -0.2) is 31.2 Å². The summed E-state index contributed by atoms with van der Waals surface area (Å²) in [5, 5.41) is 0. The summed E-state index contributed by atoms with van der Waals surface area (Å²) in [6.07, 6.45) is 2.23. The maximum atomic E-state index is 5.33. The minimum atomic E-state index is 0.847. The summed E-state index contributed by atoms with van der Waals surface area (Å²) in [4.78, 5) is 2.37.